The van der Waals surface area contributed by atoms with E-state index in [4.69, 9.17) is 10.5 Å². The van der Waals surface area contributed by atoms with Gasteiger partial charge >= 0.3 is 0 Å². The number of para-hydroxylation sites is 2. The van der Waals surface area contributed by atoms with Gasteiger partial charge in [-0.15, -0.1) is 0 Å². The number of benzene rings is 1. The molecule has 1 heterocycles. The van der Waals surface area contributed by atoms with E-state index in [1.807, 2.05) is 25.1 Å². The van der Waals surface area contributed by atoms with Crippen LogP contribution in [0.5, 0.6) is 5.75 Å². The Morgan fingerprint density at radius 1 is 1.52 bits per heavy atom. The number of rotatable bonds is 6. The third kappa shape index (κ3) is 3.88. The molecule has 2 unspecified atom stereocenters. The summed E-state index contributed by atoms with van der Waals surface area (Å²) in [4.78, 5) is 14.1. The Kier molecular flexibility index (Phi) is 5.44. The molecule has 5 heteroatoms. The highest BCUT2D eigenvalue weighted by atomic mass is 16.5. The summed E-state index contributed by atoms with van der Waals surface area (Å²) in [5, 5.41) is 3.00. The Hall–Kier alpha value is -1.75. The van der Waals surface area contributed by atoms with E-state index in [0.717, 1.165) is 37.5 Å². The number of hydrogen-bond donors (Lipinski definition) is 2. The number of ether oxygens (including phenoxy) is 1. The Morgan fingerprint density at radius 3 is 3.00 bits per heavy atom. The highest BCUT2D eigenvalue weighted by molar-refractivity contribution is 5.78. The molecule has 1 aliphatic rings. The van der Waals surface area contributed by atoms with Crippen LogP contribution in [0.15, 0.2) is 24.3 Å². The maximum atomic E-state index is 11.8. The maximum absolute atomic E-state index is 11.8. The number of carbonyl (C=O) groups is 1. The number of methoxy groups -OCH3 is 1. The van der Waals surface area contributed by atoms with Gasteiger partial charge in [0.05, 0.1) is 12.8 Å². The van der Waals surface area contributed by atoms with E-state index in [9.17, 15) is 4.79 Å². The number of nitrogens with zero attached hydrogens (tertiary/aromatic N) is 1. The van der Waals surface area contributed by atoms with Gasteiger partial charge in [-0.05, 0) is 24.5 Å². The summed E-state index contributed by atoms with van der Waals surface area (Å²) >= 11 is 0. The fourth-order valence-corrected chi connectivity index (χ4v) is 2.64. The zero-order valence-corrected chi connectivity index (χ0v) is 12.8. The zero-order chi connectivity index (χ0) is 15.2. The van der Waals surface area contributed by atoms with Gasteiger partial charge in [0.2, 0.25) is 5.91 Å². The van der Waals surface area contributed by atoms with Gasteiger partial charge < -0.3 is 20.7 Å². The first-order valence-electron chi connectivity index (χ1n) is 7.51. The fourth-order valence-electron chi connectivity index (χ4n) is 2.64. The first-order valence-corrected chi connectivity index (χ1v) is 7.51. The molecule has 21 heavy (non-hydrogen) atoms. The summed E-state index contributed by atoms with van der Waals surface area (Å²) in [7, 11) is 1.70. The molecule has 0 radical (unpaired) electrons. The molecule has 1 saturated heterocycles. The van der Waals surface area contributed by atoms with Gasteiger partial charge in [0.15, 0.2) is 0 Å². The minimum atomic E-state index is -0.114. The summed E-state index contributed by atoms with van der Waals surface area (Å²) in [6.07, 6.45) is 1.08. The molecule has 1 aromatic carbocycles. The fraction of sp³-hybridized carbons (Fsp3) is 0.562. The lowest BCUT2D eigenvalue weighted by molar-refractivity contribution is -0.124. The third-order valence-corrected chi connectivity index (χ3v) is 4.08. The molecule has 1 aliphatic heterocycles. The molecule has 0 aliphatic carbocycles. The van der Waals surface area contributed by atoms with Gasteiger partial charge in [0, 0.05) is 32.1 Å². The number of amides is 1. The van der Waals surface area contributed by atoms with E-state index in [0.29, 0.717) is 12.5 Å². The van der Waals surface area contributed by atoms with Crippen molar-refractivity contribution >= 4 is 11.6 Å². The highest BCUT2D eigenvalue weighted by Gasteiger charge is 2.25. The van der Waals surface area contributed by atoms with Crippen LogP contribution >= 0.6 is 0 Å². The summed E-state index contributed by atoms with van der Waals surface area (Å²) in [6.45, 7) is 4.90. The van der Waals surface area contributed by atoms with Crippen molar-refractivity contribution in [3.8, 4) is 5.75 Å². The monoisotopic (exact) mass is 291 g/mol. The summed E-state index contributed by atoms with van der Waals surface area (Å²) < 4.78 is 5.41. The van der Waals surface area contributed by atoms with Crippen LogP contribution in [0.3, 0.4) is 0 Å². The Bertz CT molecular complexity index is 478. The second-order valence-corrected chi connectivity index (χ2v) is 5.65. The molecule has 1 fully saturated rings. The second-order valence-electron chi connectivity index (χ2n) is 5.65. The molecular formula is C16H25N3O2. The van der Waals surface area contributed by atoms with Gasteiger partial charge in [-0.3, -0.25) is 4.79 Å². The van der Waals surface area contributed by atoms with Crippen LogP contribution in [0, 0.1) is 11.8 Å². The number of carbonyl (C=O) groups excluding carboxylic acids is 1. The van der Waals surface area contributed by atoms with Crippen molar-refractivity contribution in [3.05, 3.63) is 24.3 Å². The van der Waals surface area contributed by atoms with Crippen molar-refractivity contribution in [1.82, 2.24) is 5.32 Å². The topological polar surface area (TPSA) is 67.6 Å². The van der Waals surface area contributed by atoms with Gasteiger partial charge in [0.25, 0.3) is 0 Å². The third-order valence-electron chi connectivity index (χ3n) is 4.08. The van der Waals surface area contributed by atoms with Crippen LogP contribution in [-0.2, 0) is 4.79 Å². The number of hydrogen-bond acceptors (Lipinski definition) is 4. The molecule has 0 spiro atoms. The van der Waals surface area contributed by atoms with Crippen LogP contribution in [-0.4, -0.2) is 39.2 Å². The second kappa shape index (κ2) is 7.31. The molecule has 0 aromatic heterocycles. The molecule has 3 N–H and O–H groups in total. The van der Waals surface area contributed by atoms with Crippen molar-refractivity contribution in [3.63, 3.8) is 0 Å². The van der Waals surface area contributed by atoms with Crippen molar-refractivity contribution in [1.29, 1.82) is 0 Å². The minimum absolute atomic E-state index is 0.0493. The Labute approximate surface area is 126 Å². The zero-order valence-electron chi connectivity index (χ0n) is 12.8. The summed E-state index contributed by atoms with van der Waals surface area (Å²) in [6, 6.07) is 8.06. The smallest absolute Gasteiger partial charge is 0.224 e. The number of nitrogens with two attached hydrogens (primary N) is 1. The van der Waals surface area contributed by atoms with Crippen molar-refractivity contribution < 1.29 is 9.53 Å². The minimum Gasteiger partial charge on any atom is -0.495 e. The molecule has 0 saturated carbocycles. The van der Waals surface area contributed by atoms with Crippen molar-refractivity contribution in [2.45, 2.75) is 13.3 Å². The lowest BCUT2D eigenvalue weighted by Gasteiger charge is -2.21. The summed E-state index contributed by atoms with van der Waals surface area (Å²) in [5.74, 6) is 1.31. The Morgan fingerprint density at radius 2 is 2.29 bits per heavy atom. The van der Waals surface area contributed by atoms with E-state index in [2.05, 4.69) is 16.3 Å². The van der Waals surface area contributed by atoms with Crippen LogP contribution in [0.25, 0.3) is 0 Å². The molecule has 5 nitrogen and oxygen atoms in total. The maximum Gasteiger partial charge on any atom is 0.224 e. The molecule has 2 rings (SSSR count). The Balaban J connectivity index is 1.87. The van der Waals surface area contributed by atoms with E-state index in [1.165, 1.54) is 0 Å². The van der Waals surface area contributed by atoms with E-state index in [-0.39, 0.29) is 11.8 Å². The van der Waals surface area contributed by atoms with Gasteiger partial charge in [0.1, 0.15) is 5.75 Å². The van der Waals surface area contributed by atoms with Crippen LogP contribution in [0.4, 0.5) is 5.69 Å². The first kappa shape index (κ1) is 15.6. The largest absolute Gasteiger partial charge is 0.495 e. The standard InChI is InChI=1S/C16H25N3O2/c1-12(9-17)16(20)18-10-13-7-8-19(11-13)14-5-3-4-6-15(14)21-2/h3-6,12-13H,7-11,17H2,1-2H3,(H,18,20). The SMILES string of the molecule is COc1ccccc1N1CCC(CNC(=O)C(C)CN)C1. The number of nitrogens with one attached hydrogen (secondary N) is 1. The van der Waals surface area contributed by atoms with Crippen LogP contribution in [0.1, 0.15) is 13.3 Å². The summed E-state index contributed by atoms with van der Waals surface area (Å²) in [5.41, 5.74) is 6.63. The highest BCUT2D eigenvalue weighted by Crippen LogP contribution is 2.31. The van der Waals surface area contributed by atoms with Gasteiger partial charge in [-0.1, -0.05) is 19.1 Å². The van der Waals surface area contributed by atoms with Crippen molar-refractivity contribution in [2.24, 2.45) is 17.6 Å². The molecular weight excluding hydrogens is 266 g/mol. The number of anilines is 1. The first-order chi connectivity index (χ1) is 10.2. The molecule has 0 bridgehead atoms. The van der Waals surface area contributed by atoms with Crippen molar-refractivity contribution in [2.75, 3.05) is 38.2 Å². The van der Waals surface area contributed by atoms with Crippen LogP contribution < -0.4 is 20.7 Å². The molecule has 2 atom stereocenters. The predicted molar refractivity (Wildman–Crippen MR) is 84.5 cm³/mol. The predicted octanol–water partition coefficient (Wildman–Crippen LogP) is 1.23. The lowest BCUT2D eigenvalue weighted by atomic mass is 10.1. The molecule has 116 valence electrons. The van der Waals surface area contributed by atoms with Gasteiger partial charge in [-0.25, -0.2) is 0 Å². The van der Waals surface area contributed by atoms with E-state index in [1.54, 1.807) is 7.11 Å². The van der Waals surface area contributed by atoms with Crippen LogP contribution in [0.2, 0.25) is 0 Å². The van der Waals surface area contributed by atoms with E-state index < -0.39 is 0 Å². The van der Waals surface area contributed by atoms with Gasteiger partial charge in [-0.2, -0.15) is 0 Å². The molecule has 1 amide bonds. The normalized spacial score (nSPS) is 19.4. The molecule has 1 aromatic rings. The lowest BCUT2D eigenvalue weighted by Crippen LogP contribution is -2.36. The van der Waals surface area contributed by atoms with E-state index >= 15 is 0 Å². The quantitative estimate of drug-likeness (QED) is 0.827. The average molecular weight is 291 g/mol. The average Bonchev–Trinajstić information content (AvgIpc) is 3.00.